The van der Waals surface area contributed by atoms with Crippen molar-refractivity contribution in [1.29, 1.82) is 0 Å². The molecule has 3 nitrogen and oxygen atoms in total. The molecule has 0 amide bonds. The predicted octanol–water partition coefficient (Wildman–Crippen LogP) is 1.49. The van der Waals surface area contributed by atoms with Gasteiger partial charge in [-0.25, -0.2) is 0 Å². The van der Waals surface area contributed by atoms with E-state index >= 15 is 0 Å². The van der Waals surface area contributed by atoms with Gasteiger partial charge in [0.25, 0.3) is 0 Å². The predicted molar refractivity (Wildman–Crippen MR) is 120 cm³/mol. The first-order valence-electron chi connectivity index (χ1n) is 13.0. The third-order valence-electron chi connectivity index (χ3n) is 10.6. The Morgan fingerprint density at radius 1 is 1.13 bits per heavy atom. The Bertz CT molecular complexity index is 882. The monoisotopic (exact) mass is 533 g/mol. The Hall–Kier alpha value is -0.330. The molecule has 4 saturated heterocycles. The number of alkyl halides is 1. The summed E-state index contributed by atoms with van der Waals surface area (Å²) in [4.78, 5) is 2.76. The van der Waals surface area contributed by atoms with Gasteiger partial charge < -0.3 is 0 Å². The molecule has 2 saturated carbocycles. The number of aryl methyl sites for hydroxylation is 1. The molecule has 4 bridgehead atoms. The summed E-state index contributed by atoms with van der Waals surface area (Å²) in [7, 11) is 1.85. The molecule has 4 heteroatoms. The number of nitrogens with zero attached hydrogens (tertiary/aromatic N) is 2. The van der Waals surface area contributed by atoms with Crippen LogP contribution in [0.25, 0.3) is 0 Å². The Labute approximate surface area is 198 Å². The minimum absolute atomic E-state index is 0.119. The third-order valence-corrected chi connectivity index (χ3v) is 15.3. The molecule has 3 unspecified atom stereocenters. The average molecular weight is 534 g/mol. The zero-order valence-electron chi connectivity index (χ0n) is 19.3. The number of rotatable bonds is 3. The van der Waals surface area contributed by atoms with Crippen molar-refractivity contribution in [2.45, 2.75) is 73.2 Å². The number of ether oxygens (including phenoxy) is 1. The van der Waals surface area contributed by atoms with Crippen LogP contribution in [0.3, 0.4) is 0 Å². The summed E-state index contributed by atoms with van der Waals surface area (Å²) < 4.78 is 9.55. The second-order valence-electron chi connectivity index (χ2n) is 11.6. The quantitative estimate of drug-likeness (QED) is 0.333. The summed E-state index contributed by atoms with van der Waals surface area (Å²) in [5.74, 6) is 4.92. The summed E-state index contributed by atoms with van der Waals surface area (Å²) >= 11 is 0.119. The van der Waals surface area contributed by atoms with E-state index in [-0.39, 0.29) is 21.5 Å². The van der Waals surface area contributed by atoms with Crippen LogP contribution < -0.4 is 26.2 Å². The molecular formula is C27H38IN2O-. The molecule has 3 aliphatic carbocycles. The summed E-state index contributed by atoms with van der Waals surface area (Å²) in [6.45, 7) is 8.21. The van der Waals surface area contributed by atoms with Gasteiger partial charge in [0.1, 0.15) is 0 Å². The van der Waals surface area contributed by atoms with Crippen molar-refractivity contribution < 1.29 is 26.2 Å². The maximum atomic E-state index is 5.74. The maximum absolute atomic E-state index is 5.74. The zero-order chi connectivity index (χ0) is 20.8. The fourth-order valence-corrected chi connectivity index (χ4v) is 15.1. The molecule has 8 rings (SSSR count). The van der Waals surface area contributed by atoms with Crippen LogP contribution in [0.5, 0.6) is 5.75 Å². The molecule has 1 aromatic carbocycles. The molecule has 6 fully saturated rings. The van der Waals surface area contributed by atoms with Gasteiger partial charge in [-0.2, -0.15) is 0 Å². The number of hydrogen-bond donors (Lipinski definition) is 0. The average Bonchev–Trinajstić information content (AvgIpc) is 2.91. The van der Waals surface area contributed by atoms with Gasteiger partial charge in [0.05, 0.1) is 0 Å². The molecule has 170 valence electrons. The summed E-state index contributed by atoms with van der Waals surface area (Å²) in [5.41, 5.74) is 3.84. The molecule has 4 heterocycles. The number of benzene rings is 1. The molecule has 0 radical (unpaired) electrons. The zero-order valence-corrected chi connectivity index (χ0v) is 21.4. The van der Waals surface area contributed by atoms with E-state index in [2.05, 4.69) is 33.1 Å². The Morgan fingerprint density at radius 3 is 2.77 bits per heavy atom. The minimum atomic E-state index is 0.119. The van der Waals surface area contributed by atoms with E-state index in [4.69, 9.17) is 4.74 Å². The summed E-state index contributed by atoms with van der Waals surface area (Å²) in [5, 5.41) is 0. The molecule has 6 atom stereocenters. The second-order valence-corrected chi connectivity index (χ2v) is 15.3. The van der Waals surface area contributed by atoms with Gasteiger partial charge in [0.2, 0.25) is 0 Å². The Balaban J connectivity index is 1.25. The number of fused-ring (bicyclic) bond motifs is 4. The van der Waals surface area contributed by atoms with Crippen molar-refractivity contribution in [2.24, 2.45) is 23.7 Å². The molecule has 1 aromatic rings. The number of hydrogen-bond acceptors (Lipinski definition) is 3. The van der Waals surface area contributed by atoms with Crippen LogP contribution in [0.15, 0.2) is 18.2 Å². The van der Waals surface area contributed by atoms with Crippen molar-refractivity contribution >= 4 is 0 Å². The van der Waals surface area contributed by atoms with Gasteiger partial charge in [-0.1, -0.05) is 0 Å². The first-order chi connectivity index (χ1) is 15.2. The molecule has 1 spiro atoms. The van der Waals surface area contributed by atoms with Crippen molar-refractivity contribution in [2.75, 3.05) is 33.3 Å². The van der Waals surface area contributed by atoms with Crippen molar-refractivity contribution in [3.63, 3.8) is 0 Å². The van der Waals surface area contributed by atoms with E-state index in [1.54, 1.807) is 11.1 Å². The fraction of sp³-hybridized carbons (Fsp3) is 0.778. The van der Waals surface area contributed by atoms with Crippen LogP contribution in [0.4, 0.5) is 0 Å². The number of halogens is 1. The molecule has 31 heavy (non-hydrogen) atoms. The van der Waals surface area contributed by atoms with E-state index in [1.807, 2.05) is 7.11 Å². The van der Waals surface area contributed by atoms with Crippen LogP contribution in [0.2, 0.25) is 0 Å². The van der Waals surface area contributed by atoms with E-state index in [9.17, 15) is 0 Å². The van der Waals surface area contributed by atoms with Gasteiger partial charge in [0, 0.05) is 0 Å². The normalized spacial score (nSPS) is 47.9. The van der Waals surface area contributed by atoms with Crippen LogP contribution in [-0.4, -0.2) is 50.8 Å². The van der Waals surface area contributed by atoms with E-state index in [0.29, 0.717) is 8.84 Å². The van der Waals surface area contributed by atoms with E-state index < -0.39 is 0 Å². The van der Waals surface area contributed by atoms with Gasteiger partial charge in [0.15, 0.2) is 0 Å². The first kappa shape index (κ1) is 20.1. The third kappa shape index (κ3) is 2.59. The Morgan fingerprint density at radius 2 is 2.00 bits per heavy atom. The van der Waals surface area contributed by atoms with Crippen molar-refractivity contribution in [1.82, 2.24) is 8.01 Å². The topological polar surface area (TPSA) is 15.7 Å². The second kappa shape index (κ2) is 7.09. The molecule has 7 aliphatic rings. The van der Waals surface area contributed by atoms with Crippen LogP contribution in [0, 0.1) is 23.7 Å². The first-order valence-corrected chi connectivity index (χ1v) is 15.0. The van der Waals surface area contributed by atoms with Gasteiger partial charge in [-0.15, -0.1) is 0 Å². The SMILES string of the molecule is COc1ccc2c(c1)[C@]13CCCCC1C1(CC2)[I-]N(CC2CN4CCC2CC4)[C@@H](C)[C@H]13. The van der Waals surface area contributed by atoms with Gasteiger partial charge >= 0.3 is 199 Å². The molecule has 0 N–H and O–H groups in total. The van der Waals surface area contributed by atoms with Crippen molar-refractivity contribution in [3.05, 3.63) is 29.3 Å². The summed E-state index contributed by atoms with van der Waals surface area (Å²) in [6, 6.07) is 7.91. The summed E-state index contributed by atoms with van der Waals surface area (Å²) in [6.07, 6.45) is 11.6. The fourth-order valence-electron chi connectivity index (χ4n) is 9.41. The van der Waals surface area contributed by atoms with Gasteiger partial charge in [-0.3, -0.25) is 0 Å². The molecule has 4 aliphatic heterocycles. The Kier molecular flexibility index (Phi) is 4.59. The molecular weight excluding hydrogens is 495 g/mol. The van der Waals surface area contributed by atoms with E-state index in [1.165, 1.54) is 77.5 Å². The molecule has 0 aromatic heterocycles. The van der Waals surface area contributed by atoms with Crippen LogP contribution in [0.1, 0.15) is 63.0 Å². The van der Waals surface area contributed by atoms with Gasteiger partial charge in [-0.05, 0) is 0 Å². The standard InChI is InChI=1S/C27H38IN2O/c1-18-25-26-11-4-3-5-24(26)27(25,12-8-20-6-7-22(31-2)15-23(20)26)28-30(18)17-21-16-29-13-9-19(21)10-14-29/h6-7,15,18-19,21,24-25H,3-5,8-14,16-17H2,1-2H3/q-1/t18-,21?,24?,25-,26+,27?/m0/s1. The van der Waals surface area contributed by atoms with Crippen LogP contribution >= 0.6 is 0 Å². The number of methoxy groups -OCH3 is 1. The van der Waals surface area contributed by atoms with Crippen molar-refractivity contribution in [3.8, 4) is 5.75 Å². The van der Waals surface area contributed by atoms with Crippen LogP contribution in [-0.2, 0) is 11.8 Å². The van der Waals surface area contributed by atoms with E-state index in [0.717, 1.165) is 35.5 Å². The number of piperidine rings is 3.